The summed E-state index contributed by atoms with van der Waals surface area (Å²) in [6.07, 6.45) is 5.71. The molecule has 5 heteroatoms. The zero-order chi connectivity index (χ0) is 15.2. The van der Waals surface area contributed by atoms with Crippen molar-refractivity contribution in [3.8, 4) is 0 Å². The van der Waals surface area contributed by atoms with Gasteiger partial charge in [-0.1, -0.05) is 30.3 Å². The van der Waals surface area contributed by atoms with E-state index in [9.17, 15) is 4.79 Å². The number of hydrogen-bond donors (Lipinski definition) is 2. The standard InChI is InChI=1S/C17H22N4O/c22-17(16-18-8-9-19-16)20-10-12-21-11-4-7-15(13-21)14-5-2-1-3-6-14/h1-3,5-6,8-9,15H,4,7,10-13H2,(H,18,19)(H,20,22). The highest BCUT2D eigenvalue weighted by molar-refractivity contribution is 5.90. The fourth-order valence-electron chi connectivity index (χ4n) is 3.06. The van der Waals surface area contributed by atoms with E-state index in [-0.39, 0.29) is 5.91 Å². The number of piperidine rings is 1. The molecular weight excluding hydrogens is 276 g/mol. The number of carbonyl (C=O) groups is 1. The predicted octanol–water partition coefficient (Wildman–Crippen LogP) is 2.02. The van der Waals surface area contributed by atoms with Crippen LogP contribution in [0.4, 0.5) is 0 Å². The molecule has 1 saturated heterocycles. The highest BCUT2D eigenvalue weighted by atomic mass is 16.2. The number of rotatable bonds is 5. The molecule has 1 fully saturated rings. The maximum Gasteiger partial charge on any atom is 0.287 e. The topological polar surface area (TPSA) is 61.0 Å². The van der Waals surface area contributed by atoms with Crippen molar-refractivity contribution in [2.75, 3.05) is 26.2 Å². The Kier molecular flexibility index (Phi) is 4.85. The second-order valence-electron chi connectivity index (χ2n) is 5.74. The molecule has 0 bridgehead atoms. The van der Waals surface area contributed by atoms with E-state index in [1.165, 1.54) is 18.4 Å². The fourth-order valence-corrected chi connectivity index (χ4v) is 3.06. The Labute approximate surface area is 130 Å². The van der Waals surface area contributed by atoms with Crippen molar-refractivity contribution in [1.29, 1.82) is 0 Å². The second kappa shape index (κ2) is 7.22. The van der Waals surface area contributed by atoms with E-state index >= 15 is 0 Å². The quantitative estimate of drug-likeness (QED) is 0.888. The summed E-state index contributed by atoms with van der Waals surface area (Å²) in [5.74, 6) is 0.846. The van der Waals surface area contributed by atoms with E-state index in [1.807, 2.05) is 0 Å². The minimum Gasteiger partial charge on any atom is -0.348 e. The molecule has 1 aliphatic heterocycles. The molecule has 1 aromatic heterocycles. The summed E-state index contributed by atoms with van der Waals surface area (Å²) in [4.78, 5) is 21.0. The molecule has 1 atom stereocenters. The molecule has 1 aliphatic rings. The molecule has 2 N–H and O–H groups in total. The van der Waals surface area contributed by atoms with Gasteiger partial charge in [0, 0.05) is 32.0 Å². The summed E-state index contributed by atoms with van der Waals surface area (Å²) in [5.41, 5.74) is 1.42. The van der Waals surface area contributed by atoms with Crippen LogP contribution in [-0.2, 0) is 0 Å². The smallest absolute Gasteiger partial charge is 0.287 e. The van der Waals surface area contributed by atoms with Gasteiger partial charge in [-0.05, 0) is 30.9 Å². The Hall–Kier alpha value is -2.14. The first-order chi connectivity index (χ1) is 10.8. The number of hydrogen-bond acceptors (Lipinski definition) is 3. The first kappa shape index (κ1) is 14.8. The van der Waals surface area contributed by atoms with E-state index in [2.05, 4.69) is 50.5 Å². The summed E-state index contributed by atoms with van der Waals surface area (Å²) in [6.45, 7) is 3.72. The minimum atomic E-state index is -0.137. The number of benzene rings is 1. The molecule has 22 heavy (non-hydrogen) atoms. The van der Waals surface area contributed by atoms with Crippen LogP contribution in [0.5, 0.6) is 0 Å². The Morgan fingerprint density at radius 3 is 3.00 bits per heavy atom. The Morgan fingerprint density at radius 1 is 1.36 bits per heavy atom. The predicted molar refractivity (Wildman–Crippen MR) is 85.8 cm³/mol. The number of carbonyl (C=O) groups excluding carboxylic acids is 1. The first-order valence-corrected chi connectivity index (χ1v) is 7.88. The van der Waals surface area contributed by atoms with Crippen molar-refractivity contribution in [2.45, 2.75) is 18.8 Å². The lowest BCUT2D eigenvalue weighted by atomic mass is 9.91. The molecule has 1 aromatic carbocycles. The van der Waals surface area contributed by atoms with Gasteiger partial charge >= 0.3 is 0 Å². The Bertz CT molecular complexity index is 582. The third-order valence-corrected chi connectivity index (χ3v) is 4.20. The van der Waals surface area contributed by atoms with Crippen LogP contribution in [0.15, 0.2) is 42.7 Å². The number of aromatic nitrogens is 2. The van der Waals surface area contributed by atoms with E-state index < -0.39 is 0 Å². The minimum absolute atomic E-state index is 0.137. The van der Waals surface area contributed by atoms with Gasteiger partial charge in [0.1, 0.15) is 0 Å². The molecule has 2 heterocycles. The van der Waals surface area contributed by atoms with Crippen molar-refractivity contribution < 1.29 is 4.79 Å². The first-order valence-electron chi connectivity index (χ1n) is 7.88. The van der Waals surface area contributed by atoms with E-state index in [0.717, 1.165) is 19.6 Å². The van der Waals surface area contributed by atoms with Crippen LogP contribution in [-0.4, -0.2) is 47.0 Å². The normalized spacial score (nSPS) is 19.0. The number of nitrogens with one attached hydrogen (secondary N) is 2. The summed E-state index contributed by atoms with van der Waals surface area (Å²) in [6, 6.07) is 10.7. The number of nitrogens with zero attached hydrogens (tertiary/aromatic N) is 2. The lowest BCUT2D eigenvalue weighted by molar-refractivity contribution is 0.0936. The molecule has 5 nitrogen and oxygen atoms in total. The number of H-pyrrole nitrogens is 1. The lowest BCUT2D eigenvalue weighted by Crippen LogP contribution is -2.40. The maximum atomic E-state index is 11.8. The van der Waals surface area contributed by atoms with Crippen LogP contribution < -0.4 is 5.32 Å². The fraction of sp³-hybridized carbons (Fsp3) is 0.412. The van der Waals surface area contributed by atoms with Crippen molar-refractivity contribution in [3.63, 3.8) is 0 Å². The van der Waals surface area contributed by atoms with Crippen LogP contribution in [0.2, 0.25) is 0 Å². The Morgan fingerprint density at radius 2 is 2.23 bits per heavy atom. The zero-order valence-corrected chi connectivity index (χ0v) is 12.7. The molecule has 0 saturated carbocycles. The van der Waals surface area contributed by atoms with E-state index in [1.54, 1.807) is 12.4 Å². The van der Waals surface area contributed by atoms with Gasteiger partial charge < -0.3 is 15.2 Å². The molecule has 0 aliphatic carbocycles. The van der Waals surface area contributed by atoms with Crippen LogP contribution in [0.3, 0.4) is 0 Å². The largest absolute Gasteiger partial charge is 0.348 e. The summed E-state index contributed by atoms with van der Waals surface area (Å²) in [5, 5.41) is 2.91. The summed E-state index contributed by atoms with van der Waals surface area (Å²) in [7, 11) is 0. The van der Waals surface area contributed by atoms with Crippen LogP contribution in [0.25, 0.3) is 0 Å². The number of amides is 1. The van der Waals surface area contributed by atoms with Crippen LogP contribution >= 0.6 is 0 Å². The lowest BCUT2D eigenvalue weighted by Gasteiger charge is -2.33. The molecule has 3 rings (SSSR count). The van der Waals surface area contributed by atoms with Crippen molar-refractivity contribution in [1.82, 2.24) is 20.2 Å². The van der Waals surface area contributed by atoms with Crippen LogP contribution in [0, 0.1) is 0 Å². The van der Waals surface area contributed by atoms with Gasteiger partial charge in [-0.3, -0.25) is 4.79 Å². The molecule has 0 spiro atoms. The Balaban J connectivity index is 1.46. The molecular formula is C17H22N4O. The number of likely N-dealkylation sites (tertiary alicyclic amines) is 1. The highest BCUT2D eigenvalue weighted by Gasteiger charge is 2.20. The number of aromatic amines is 1. The zero-order valence-electron chi connectivity index (χ0n) is 12.7. The van der Waals surface area contributed by atoms with Crippen molar-refractivity contribution in [2.24, 2.45) is 0 Å². The van der Waals surface area contributed by atoms with E-state index in [4.69, 9.17) is 0 Å². The van der Waals surface area contributed by atoms with E-state index in [0.29, 0.717) is 18.3 Å². The van der Waals surface area contributed by atoms with Gasteiger partial charge in [-0.2, -0.15) is 0 Å². The van der Waals surface area contributed by atoms with Gasteiger partial charge in [0.25, 0.3) is 5.91 Å². The monoisotopic (exact) mass is 298 g/mol. The number of imidazole rings is 1. The van der Waals surface area contributed by atoms with Crippen molar-refractivity contribution in [3.05, 3.63) is 54.1 Å². The van der Waals surface area contributed by atoms with Gasteiger partial charge in [0.05, 0.1) is 0 Å². The van der Waals surface area contributed by atoms with Crippen LogP contribution in [0.1, 0.15) is 34.9 Å². The summed E-state index contributed by atoms with van der Waals surface area (Å²) >= 11 is 0. The summed E-state index contributed by atoms with van der Waals surface area (Å²) < 4.78 is 0. The maximum absolute atomic E-state index is 11.8. The van der Waals surface area contributed by atoms with Crippen molar-refractivity contribution >= 4 is 5.91 Å². The third-order valence-electron chi connectivity index (χ3n) is 4.20. The van der Waals surface area contributed by atoms with Gasteiger partial charge in [0.2, 0.25) is 0 Å². The highest BCUT2D eigenvalue weighted by Crippen LogP contribution is 2.26. The average Bonchev–Trinajstić information content (AvgIpc) is 3.10. The molecule has 1 unspecified atom stereocenters. The molecule has 0 radical (unpaired) electrons. The van der Waals surface area contributed by atoms with Gasteiger partial charge in [0.15, 0.2) is 5.82 Å². The SMILES string of the molecule is O=C(NCCN1CCCC(c2ccccc2)C1)c1ncc[nH]1. The second-order valence-corrected chi connectivity index (χ2v) is 5.74. The molecule has 116 valence electrons. The van der Waals surface area contributed by atoms with Gasteiger partial charge in [-0.15, -0.1) is 0 Å². The molecule has 1 amide bonds. The van der Waals surface area contributed by atoms with Gasteiger partial charge in [-0.25, -0.2) is 4.98 Å². The molecule has 2 aromatic rings. The average molecular weight is 298 g/mol. The third kappa shape index (κ3) is 3.74.